The number of likely N-dealkylation sites (N-methyl/N-ethyl adjacent to an activating group) is 1. The van der Waals surface area contributed by atoms with Crippen LogP contribution >= 0.6 is 0 Å². The van der Waals surface area contributed by atoms with Crippen LogP contribution in [0.25, 0.3) is 0 Å². The molecule has 1 N–H and O–H groups in total. The maximum Gasteiger partial charge on any atom is 0.325 e. The van der Waals surface area contributed by atoms with Crippen LogP contribution in [0.1, 0.15) is 64.2 Å². The SMILES string of the molecule is CC(C)C1CN(C)C(=O)N1c1ccnc(N[C@@H](C)c2cn(C3CCC(F)(F)CC3)cn2)n1. The highest BCUT2D eigenvalue weighted by Crippen LogP contribution is 2.38. The van der Waals surface area contributed by atoms with Gasteiger partial charge in [0.2, 0.25) is 11.9 Å². The van der Waals surface area contributed by atoms with Crippen molar-refractivity contribution in [3.8, 4) is 0 Å². The van der Waals surface area contributed by atoms with Gasteiger partial charge in [0.1, 0.15) is 5.82 Å². The van der Waals surface area contributed by atoms with Crippen molar-refractivity contribution in [2.45, 2.75) is 70.5 Å². The van der Waals surface area contributed by atoms with Crippen LogP contribution in [0.3, 0.4) is 0 Å². The molecule has 3 heterocycles. The molecule has 0 radical (unpaired) electrons. The molecule has 1 aliphatic carbocycles. The van der Waals surface area contributed by atoms with Crippen LogP contribution in [0.5, 0.6) is 0 Å². The number of aromatic nitrogens is 4. The summed E-state index contributed by atoms with van der Waals surface area (Å²) in [6.07, 6.45) is 5.99. The lowest BCUT2D eigenvalue weighted by atomic mass is 9.92. The number of anilines is 2. The second-order valence-corrected chi connectivity index (χ2v) is 9.28. The van der Waals surface area contributed by atoms with Crippen LogP contribution in [-0.2, 0) is 0 Å². The Morgan fingerprint density at radius 3 is 2.59 bits per heavy atom. The van der Waals surface area contributed by atoms with Gasteiger partial charge < -0.3 is 14.8 Å². The van der Waals surface area contributed by atoms with E-state index < -0.39 is 5.92 Å². The molecule has 32 heavy (non-hydrogen) atoms. The van der Waals surface area contributed by atoms with Crippen molar-refractivity contribution in [1.82, 2.24) is 24.4 Å². The summed E-state index contributed by atoms with van der Waals surface area (Å²) in [6, 6.07) is 1.59. The lowest BCUT2D eigenvalue weighted by Gasteiger charge is -2.28. The number of hydrogen-bond acceptors (Lipinski definition) is 5. The third-order valence-corrected chi connectivity index (χ3v) is 6.50. The maximum atomic E-state index is 13.5. The molecule has 2 aliphatic rings. The van der Waals surface area contributed by atoms with E-state index in [4.69, 9.17) is 0 Å². The summed E-state index contributed by atoms with van der Waals surface area (Å²) in [7, 11) is 1.80. The van der Waals surface area contributed by atoms with Gasteiger partial charge in [-0.05, 0) is 31.7 Å². The van der Waals surface area contributed by atoms with Gasteiger partial charge in [0.15, 0.2) is 0 Å². The quantitative estimate of drug-likeness (QED) is 0.706. The van der Waals surface area contributed by atoms with Crippen molar-refractivity contribution in [1.29, 1.82) is 0 Å². The zero-order chi connectivity index (χ0) is 23.0. The van der Waals surface area contributed by atoms with Gasteiger partial charge in [-0.2, -0.15) is 4.98 Å². The Labute approximate surface area is 187 Å². The van der Waals surface area contributed by atoms with E-state index in [1.807, 2.05) is 17.7 Å². The Hall–Kier alpha value is -2.78. The van der Waals surface area contributed by atoms with Crippen LogP contribution in [0.4, 0.5) is 25.3 Å². The van der Waals surface area contributed by atoms with Gasteiger partial charge in [-0.1, -0.05) is 13.8 Å². The summed E-state index contributed by atoms with van der Waals surface area (Å²) in [5.41, 5.74) is 0.786. The Morgan fingerprint density at radius 1 is 1.19 bits per heavy atom. The van der Waals surface area contributed by atoms with Crippen LogP contribution in [-0.4, -0.2) is 56.0 Å². The number of nitrogens with zero attached hydrogens (tertiary/aromatic N) is 6. The molecule has 2 amide bonds. The highest BCUT2D eigenvalue weighted by atomic mass is 19.3. The van der Waals surface area contributed by atoms with Crippen LogP contribution < -0.4 is 10.2 Å². The molecule has 0 bridgehead atoms. The third kappa shape index (κ3) is 4.54. The summed E-state index contributed by atoms with van der Waals surface area (Å²) < 4.78 is 28.8. The van der Waals surface area contributed by atoms with Gasteiger partial charge in [-0.3, -0.25) is 4.90 Å². The molecule has 1 saturated carbocycles. The number of nitrogens with one attached hydrogen (secondary N) is 1. The Morgan fingerprint density at radius 2 is 1.91 bits per heavy atom. The smallest absolute Gasteiger partial charge is 0.325 e. The molecule has 2 aromatic heterocycles. The summed E-state index contributed by atoms with van der Waals surface area (Å²) in [5.74, 6) is -1.28. The second kappa shape index (κ2) is 8.63. The largest absolute Gasteiger partial charge is 0.346 e. The molecule has 10 heteroatoms. The first kappa shape index (κ1) is 22.4. The van der Waals surface area contributed by atoms with Crippen molar-refractivity contribution in [2.75, 3.05) is 23.8 Å². The van der Waals surface area contributed by atoms with Crippen LogP contribution in [0.15, 0.2) is 24.8 Å². The molecule has 4 rings (SSSR count). The van der Waals surface area contributed by atoms with Gasteiger partial charge in [-0.15, -0.1) is 0 Å². The van der Waals surface area contributed by atoms with Gasteiger partial charge in [0, 0.05) is 44.9 Å². The van der Waals surface area contributed by atoms with E-state index in [-0.39, 0.29) is 42.9 Å². The number of imidazole rings is 1. The zero-order valence-electron chi connectivity index (χ0n) is 19.0. The molecule has 2 fully saturated rings. The summed E-state index contributed by atoms with van der Waals surface area (Å²) in [6.45, 7) is 6.79. The van der Waals surface area contributed by atoms with Gasteiger partial charge in [-0.25, -0.2) is 23.5 Å². The number of urea groups is 1. The first-order chi connectivity index (χ1) is 15.1. The number of amides is 2. The molecule has 2 atom stereocenters. The molecule has 1 aliphatic heterocycles. The number of halogens is 2. The molecular formula is C22H31F2N7O. The molecule has 0 spiro atoms. The summed E-state index contributed by atoms with van der Waals surface area (Å²) >= 11 is 0. The number of hydrogen-bond donors (Lipinski definition) is 1. The normalized spacial score (nSPS) is 22.6. The van der Waals surface area contributed by atoms with E-state index in [1.54, 1.807) is 35.4 Å². The Kier molecular flexibility index (Phi) is 6.05. The standard InChI is InChI=1S/C22H31F2N7O/c1-14(2)18-12-29(4)21(32)31(18)19-7-10-25-20(28-19)27-15(3)17-11-30(13-26-17)16-5-8-22(23,24)9-6-16/h7,10-11,13-16,18H,5-6,8-9,12H2,1-4H3,(H,25,27,28)/t15-,18?/m0/s1. The van der Waals surface area contributed by atoms with Gasteiger partial charge in [0.05, 0.1) is 24.1 Å². The summed E-state index contributed by atoms with van der Waals surface area (Å²) in [4.78, 5) is 29.5. The lowest BCUT2D eigenvalue weighted by molar-refractivity contribution is -0.0439. The summed E-state index contributed by atoms with van der Waals surface area (Å²) in [5, 5.41) is 3.25. The zero-order valence-corrected chi connectivity index (χ0v) is 19.0. The van der Waals surface area contributed by atoms with E-state index in [1.165, 1.54) is 0 Å². The average molecular weight is 448 g/mol. The second-order valence-electron chi connectivity index (χ2n) is 9.28. The third-order valence-electron chi connectivity index (χ3n) is 6.50. The van der Waals surface area contributed by atoms with E-state index in [9.17, 15) is 13.6 Å². The molecule has 8 nitrogen and oxygen atoms in total. The number of carbonyl (C=O) groups excluding carboxylic acids is 1. The van der Waals surface area contributed by atoms with E-state index in [0.717, 1.165) is 5.69 Å². The first-order valence-electron chi connectivity index (χ1n) is 11.2. The first-order valence-corrected chi connectivity index (χ1v) is 11.2. The molecule has 0 aromatic carbocycles. The van der Waals surface area contributed by atoms with E-state index >= 15 is 0 Å². The maximum absolute atomic E-state index is 13.5. The van der Waals surface area contributed by atoms with Crippen molar-refractivity contribution < 1.29 is 13.6 Å². The van der Waals surface area contributed by atoms with E-state index in [0.29, 0.717) is 31.2 Å². The molecule has 1 saturated heterocycles. The molecule has 1 unspecified atom stereocenters. The number of carbonyl (C=O) groups is 1. The van der Waals surface area contributed by atoms with Crippen LogP contribution in [0.2, 0.25) is 0 Å². The van der Waals surface area contributed by atoms with Crippen molar-refractivity contribution in [3.63, 3.8) is 0 Å². The highest BCUT2D eigenvalue weighted by molar-refractivity contribution is 5.94. The van der Waals surface area contributed by atoms with Gasteiger partial charge >= 0.3 is 6.03 Å². The number of alkyl halides is 2. The Balaban J connectivity index is 1.45. The lowest BCUT2D eigenvalue weighted by Crippen LogP contribution is -2.38. The van der Waals surface area contributed by atoms with E-state index in [2.05, 4.69) is 34.1 Å². The van der Waals surface area contributed by atoms with Crippen molar-refractivity contribution in [3.05, 3.63) is 30.5 Å². The molecule has 2 aromatic rings. The topological polar surface area (TPSA) is 79.2 Å². The Bertz CT molecular complexity index is 953. The number of rotatable bonds is 6. The van der Waals surface area contributed by atoms with Crippen molar-refractivity contribution in [2.24, 2.45) is 5.92 Å². The highest BCUT2D eigenvalue weighted by Gasteiger charge is 2.39. The minimum absolute atomic E-state index is 0.0474. The van der Waals surface area contributed by atoms with Crippen LogP contribution in [0, 0.1) is 5.92 Å². The average Bonchev–Trinajstić information content (AvgIpc) is 3.34. The minimum Gasteiger partial charge on any atom is -0.346 e. The van der Waals surface area contributed by atoms with Gasteiger partial charge in [0.25, 0.3) is 0 Å². The monoisotopic (exact) mass is 447 g/mol. The fourth-order valence-corrected chi connectivity index (χ4v) is 4.46. The minimum atomic E-state index is -2.54. The fraction of sp³-hybridized carbons (Fsp3) is 0.636. The fourth-order valence-electron chi connectivity index (χ4n) is 4.46. The molecule has 174 valence electrons. The molecular weight excluding hydrogens is 416 g/mol. The predicted octanol–water partition coefficient (Wildman–Crippen LogP) is 4.49. The van der Waals surface area contributed by atoms with Crippen molar-refractivity contribution >= 4 is 17.8 Å². The predicted molar refractivity (Wildman–Crippen MR) is 118 cm³/mol.